The van der Waals surface area contributed by atoms with Gasteiger partial charge in [0.25, 0.3) is 0 Å². The van der Waals surface area contributed by atoms with Gasteiger partial charge in [-0.2, -0.15) is 0 Å². The minimum atomic E-state index is -0.682. The Hall–Kier alpha value is -2.15. The number of nitrogens with one attached hydrogen (secondary N) is 2. The van der Waals surface area contributed by atoms with Gasteiger partial charge in [-0.25, -0.2) is 4.39 Å². The van der Waals surface area contributed by atoms with Crippen LogP contribution >= 0.6 is 0 Å². The van der Waals surface area contributed by atoms with Crippen LogP contribution in [-0.4, -0.2) is 44.5 Å². The number of hydrogen-bond acceptors (Lipinski definition) is 4. The zero-order valence-electron chi connectivity index (χ0n) is 11.1. The second-order valence-electron chi connectivity index (χ2n) is 4.56. The number of anilines is 1. The first-order valence-electron chi connectivity index (χ1n) is 6.33. The van der Waals surface area contributed by atoms with Gasteiger partial charge in [-0.15, -0.1) is 0 Å². The molecule has 1 saturated heterocycles. The van der Waals surface area contributed by atoms with Crippen LogP contribution in [0.3, 0.4) is 0 Å². The number of nitrogens with zero attached hydrogens (tertiary/aromatic N) is 1. The molecule has 1 unspecified atom stereocenters. The molecule has 0 aliphatic carbocycles. The monoisotopic (exact) mass is 280 g/mol. The number of halogens is 1. The fourth-order valence-corrected chi connectivity index (χ4v) is 2.29. The summed E-state index contributed by atoms with van der Waals surface area (Å²) in [4.78, 5) is 24.6. The Morgan fingerprint density at radius 3 is 2.85 bits per heavy atom. The zero-order valence-corrected chi connectivity index (χ0v) is 11.1. The van der Waals surface area contributed by atoms with Gasteiger partial charge in [-0.05, 0) is 18.2 Å². The van der Waals surface area contributed by atoms with Crippen molar-refractivity contribution >= 4 is 17.5 Å². The standard InChI is InChI=1S/C13H17FN4O2/c1-16-13(20)11-7-17-4-5-18(11)10-3-2-8(12(15)19)6-9(10)14/h2-3,6,11,17H,4-5,7H2,1H3,(H2,15,19)(H,16,20). The Bertz CT molecular complexity index is 535. The third-order valence-electron chi connectivity index (χ3n) is 3.33. The van der Waals surface area contributed by atoms with Gasteiger partial charge in [-0.1, -0.05) is 0 Å². The largest absolute Gasteiger partial charge is 0.366 e. The van der Waals surface area contributed by atoms with Crippen LogP contribution in [0.25, 0.3) is 0 Å². The zero-order chi connectivity index (χ0) is 14.7. The van der Waals surface area contributed by atoms with Crippen molar-refractivity contribution in [1.29, 1.82) is 0 Å². The highest BCUT2D eigenvalue weighted by Gasteiger charge is 2.29. The van der Waals surface area contributed by atoms with Gasteiger partial charge in [0.1, 0.15) is 11.9 Å². The number of likely N-dealkylation sites (N-methyl/N-ethyl adjacent to an activating group) is 1. The SMILES string of the molecule is CNC(=O)C1CNCCN1c1ccc(C(N)=O)cc1F. The van der Waals surface area contributed by atoms with Gasteiger partial charge in [-0.3, -0.25) is 9.59 Å². The lowest BCUT2D eigenvalue weighted by Crippen LogP contribution is -2.57. The van der Waals surface area contributed by atoms with Gasteiger partial charge in [0.15, 0.2) is 0 Å². The average molecular weight is 280 g/mol. The lowest BCUT2D eigenvalue weighted by atomic mass is 10.1. The first-order valence-corrected chi connectivity index (χ1v) is 6.33. The number of primary amides is 1. The summed E-state index contributed by atoms with van der Waals surface area (Å²) in [6.45, 7) is 1.60. The van der Waals surface area contributed by atoms with E-state index in [4.69, 9.17) is 5.73 Å². The molecule has 0 bridgehead atoms. The summed E-state index contributed by atoms with van der Waals surface area (Å²) >= 11 is 0. The Morgan fingerprint density at radius 1 is 1.50 bits per heavy atom. The first kappa shape index (κ1) is 14.3. The fourth-order valence-electron chi connectivity index (χ4n) is 2.29. The Labute approximate surface area is 116 Å². The summed E-state index contributed by atoms with van der Waals surface area (Å²) in [5.74, 6) is -1.42. The van der Waals surface area contributed by atoms with Crippen molar-refractivity contribution in [1.82, 2.24) is 10.6 Å². The number of carbonyl (C=O) groups is 2. The van der Waals surface area contributed by atoms with Gasteiger partial charge in [0.05, 0.1) is 5.69 Å². The number of nitrogens with two attached hydrogens (primary N) is 1. The normalized spacial score (nSPS) is 18.7. The minimum Gasteiger partial charge on any atom is -0.366 e. The van der Waals surface area contributed by atoms with Crippen LogP contribution in [0, 0.1) is 5.82 Å². The molecule has 6 nitrogen and oxygen atoms in total. The van der Waals surface area contributed by atoms with E-state index in [1.54, 1.807) is 11.9 Å². The molecule has 108 valence electrons. The van der Waals surface area contributed by atoms with E-state index in [2.05, 4.69) is 10.6 Å². The highest BCUT2D eigenvalue weighted by atomic mass is 19.1. The second kappa shape index (κ2) is 5.87. The van der Waals surface area contributed by atoms with Gasteiger partial charge in [0.2, 0.25) is 11.8 Å². The molecule has 2 rings (SSSR count). The van der Waals surface area contributed by atoms with Crippen LogP contribution in [0.2, 0.25) is 0 Å². The summed E-state index contributed by atoms with van der Waals surface area (Å²) in [5, 5.41) is 5.67. The van der Waals surface area contributed by atoms with Crippen LogP contribution in [0.1, 0.15) is 10.4 Å². The van der Waals surface area contributed by atoms with E-state index in [1.807, 2.05) is 0 Å². The summed E-state index contributed by atoms with van der Waals surface area (Å²) in [6, 6.07) is 3.56. The van der Waals surface area contributed by atoms with Crippen LogP contribution in [0.5, 0.6) is 0 Å². The minimum absolute atomic E-state index is 0.109. The number of hydrogen-bond donors (Lipinski definition) is 3. The number of benzene rings is 1. The van der Waals surface area contributed by atoms with Gasteiger partial charge < -0.3 is 21.3 Å². The van der Waals surface area contributed by atoms with Crippen molar-refractivity contribution in [2.24, 2.45) is 5.73 Å². The van der Waals surface area contributed by atoms with E-state index in [9.17, 15) is 14.0 Å². The molecular formula is C13H17FN4O2. The summed E-state index contributed by atoms with van der Waals surface area (Å²) in [5.41, 5.74) is 5.52. The van der Waals surface area contributed by atoms with Crippen LogP contribution in [0.4, 0.5) is 10.1 Å². The van der Waals surface area contributed by atoms with E-state index < -0.39 is 17.8 Å². The molecular weight excluding hydrogens is 263 g/mol. The molecule has 0 aromatic heterocycles. The predicted molar refractivity (Wildman–Crippen MR) is 73.0 cm³/mol. The number of rotatable bonds is 3. The van der Waals surface area contributed by atoms with Crippen molar-refractivity contribution in [2.45, 2.75) is 6.04 Å². The van der Waals surface area contributed by atoms with E-state index in [1.165, 1.54) is 12.1 Å². The van der Waals surface area contributed by atoms with Crippen molar-refractivity contribution in [2.75, 3.05) is 31.6 Å². The molecule has 1 aromatic rings. The van der Waals surface area contributed by atoms with Crippen molar-refractivity contribution in [3.05, 3.63) is 29.6 Å². The van der Waals surface area contributed by atoms with E-state index >= 15 is 0 Å². The van der Waals surface area contributed by atoms with Gasteiger partial charge >= 0.3 is 0 Å². The smallest absolute Gasteiger partial charge is 0.248 e. The van der Waals surface area contributed by atoms with E-state index in [-0.39, 0.29) is 11.5 Å². The molecule has 0 radical (unpaired) electrons. The average Bonchev–Trinajstić information content (AvgIpc) is 2.46. The molecule has 20 heavy (non-hydrogen) atoms. The van der Waals surface area contributed by atoms with Crippen molar-refractivity contribution in [3.63, 3.8) is 0 Å². The molecule has 0 saturated carbocycles. The summed E-state index contributed by atoms with van der Waals surface area (Å²) in [6.07, 6.45) is 0. The van der Waals surface area contributed by atoms with Crippen molar-refractivity contribution < 1.29 is 14.0 Å². The quantitative estimate of drug-likeness (QED) is 0.693. The highest BCUT2D eigenvalue weighted by Crippen LogP contribution is 2.23. The summed E-state index contributed by atoms with van der Waals surface area (Å²) < 4.78 is 14.1. The third-order valence-corrected chi connectivity index (χ3v) is 3.33. The van der Waals surface area contributed by atoms with Gasteiger partial charge in [0, 0.05) is 32.2 Å². The molecule has 0 spiro atoms. The molecule has 2 amide bonds. The molecule has 1 aliphatic heterocycles. The number of carbonyl (C=O) groups excluding carboxylic acids is 2. The maximum atomic E-state index is 14.1. The maximum Gasteiger partial charge on any atom is 0.248 e. The second-order valence-corrected chi connectivity index (χ2v) is 4.56. The molecule has 1 aliphatic rings. The predicted octanol–water partition coefficient (Wildman–Crippen LogP) is -0.551. The van der Waals surface area contributed by atoms with Crippen molar-refractivity contribution in [3.8, 4) is 0 Å². The molecule has 7 heteroatoms. The van der Waals surface area contributed by atoms with E-state index in [0.717, 1.165) is 6.07 Å². The topological polar surface area (TPSA) is 87.5 Å². The lowest BCUT2D eigenvalue weighted by molar-refractivity contribution is -0.122. The number of piperazine rings is 1. The Balaban J connectivity index is 2.32. The maximum absolute atomic E-state index is 14.1. The summed E-state index contributed by atoms with van der Waals surface area (Å²) in [7, 11) is 1.54. The Kier molecular flexibility index (Phi) is 4.19. The Morgan fingerprint density at radius 2 is 2.25 bits per heavy atom. The molecule has 4 N–H and O–H groups in total. The molecule has 1 atom stereocenters. The van der Waals surface area contributed by atoms with Crippen LogP contribution < -0.4 is 21.3 Å². The van der Waals surface area contributed by atoms with Crippen LogP contribution in [0.15, 0.2) is 18.2 Å². The molecule has 1 fully saturated rings. The molecule has 1 heterocycles. The number of amides is 2. The van der Waals surface area contributed by atoms with Crippen LogP contribution in [-0.2, 0) is 4.79 Å². The fraction of sp³-hybridized carbons (Fsp3) is 0.385. The first-order chi connectivity index (χ1) is 9.54. The lowest BCUT2D eigenvalue weighted by Gasteiger charge is -2.36. The molecule has 1 aromatic carbocycles. The highest BCUT2D eigenvalue weighted by molar-refractivity contribution is 5.93. The third kappa shape index (κ3) is 2.72. The van der Waals surface area contributed by atoms with E-state index in [0.29, 0.717) is 25.3 Å².